The minimum Gasteiger partial charge on any atom is -0.381 e. The summed E-state index contributed by atoms with van der Waals surface area (Å²) in [5.41, 5.74) is 0.375. The van der Waals surface area contributed by atoms with Crippen molar-refractivity contribution in [1.82, 2.24) is 5.32 Å². The van der Waals surface area contributed by atoms with Crippen LogP contribution in [0.4, 0.5) is 8.78 Å². The molecular formula is C15H19F2NO. The van der Waals surface area contributed by atoms with E-state index in [1.807, 2.05) is 0 Å². The maximum absolute atomic E-state index is 13.8. The lowest BCUT2D eigenvalue weighted by molar-refractivity contribution is 0.148. The van der Waals surface area contributed by atoms with Crippen LogP contribution in [0.3, 0.4) is 0 Å². The third-order valence-electron chi connectivity index (χ3n) is 4.10. The predicted octanol–water partition coefficient (Wildman–Crippen LogP) is 2.67. The first-order valence-corrected chi connectivity index (χ1v) is 6.92. The summed E-state index contributed by atoms with van der Waals surface area (Å²) in [6, 6.07) is 4.31. The molecule has 0 radical (unpaired) electrons. The third-order valence-corrected chi connectivity index (χ3v) is 4.10. The van der Waals surface area contributed by atoms with Gasteiger partial charge in [-0.05, 0) is 49.4 Å². The molecule has 0 amide bonds. The van der Waals surface area contributed by atoms with Gasteiger partial charge in [0.2, 0.25) is 0 Å². The third kappa shape index (κ3) is 3.12. The van der Waals surface area contributed by atoms with Crippen LogP contribution < -0.4 is 5.32 Å². The van der Waals surface area contributed by atoms with E-state index in [2.05, 4.69) is 5.32 Å². The van der Waals surface area contributed by atoms with Crippen LogP contribution in [0.1, 0.15) is 24.8 Å². The van der Waals surface area contributed by atoms with Crippen molar-refractivity contribution in [3.8, 4) is 0 Å². The molecule has 1 heterocycles. The van der Waals surface area contributed by atoms with Gasteiger partial charge in [0, 0.05) is 24.6 Å². The van der Waals surface area contributed by atoms with Crippen LogP contribution in [0.5, 0.6) is 0 Å². The van der Waals surface area contributed by atoms with Crippen molar-refractivity contribution in [2.45, 2.75) is 31.7 Å². The van der Waals surface area contributed by atoms with Crippen molar-refractivity contribution in [2.75, 3.05) is 19.8 Å². The molecule has 1 aromatic rings. The van der Waals surface area contributed by atoms with Crippen molar-refractivity contribution in [1.29, 1.82) is 0 Å². The lowest BCUT2D eigenvalue weighted by atomic mass is 9.80. The van der Waals surface area contributed by atoms with Gasteiger partial charge in [-0.15, -0.1) is 0 Å². The average Bonchev–Trinajstić information content (AvgIpc) is 3.12. The van der Waals surface area contributed by atoms with Crippen LogP contribution in [0.15, 0.2) is 18.2 Å². The molecule has 104 valence electrons. The number of ether oxygens (including phenoxy) is 1. The monoisotopic (exact) mass is 267 g/mol. The van der Waals surface area contributed by atoms with E-state index in [1.165, 1.54) is 31.0 Å². The molecule has 1 saturated carbocycles. The fourth-order valence-electron chi connectivity index (χ4n) is 2.72. The summed E-state index contributed by atoms with van der Waals surface area (Å²) in [5, 5.41) is 3.50. The molecule has 2 fully saturated rings. The molecule has 4 heteroatoms. The number of rotatable bonds is 5. The van der Waals surface area contributed by atoms with E-state index in [-0.39, 0.29) is 17.0 Å². The van der Waals surface area contributed by atoms with Crippen LogP contribution in [-0.2, 0) is 11.2 Å². The Kier molecular flexibility index (Phi) is 3.54. The number of hydrogen-bond donors (Lipinski definition) is 1. The molecular weight excluding hydrogens is 248 g/mol. The smallest absolute Gasteiger partial charge is 0.126 e. The zero-order chi connectivity index (χ0) is 13.3. The Bertz CT molecular complexity index is 453. The molecule has 19 heavy (non-hydrogen) atoms. The highest BCUT2D eigenvalue weighted by molar-refractivity contribution is 5.21. The van der Waals surface area contributed by atoms with Crippen LogP contribution in [0, 0.1) is 17.0 Å². The van der Waals surface area contributed by atoms with Crippen molar-refractivity contribution in [2.24, 2.45) is 5.41 Å². The second-order valence-corrected chi connectivity index (χ2v) is 5.87. The Morgan fingerprint density at radius 3 is 2.84 bits per heavy atom. The first kappa shape index (κ1) is 13.0. The molecule has 3 rings (SSSR count). The van der Waals surface area contributed by atoms with E-state index in [0.717, 1.165) is 13.0 Å². The highest BCUT2D eigenvalue weighted by Gasteiger charge is 2.37. The highest BCUT2D eigenvalue weighted by atomic mass is 19.1. The lowest BCUT2D eigenvalue weighted by Gasteiger charge is -2.28. The van der Waals surface area contributed by atoms with Crippen LogP contribution in [0.2, 0.25) is 0 Å². The first-order valence-electron chi connectivity index (χ1n) is 6.92. The van der Waals surface area contributed by atoms with E-state index >= 15 is 0 Å². The van der Waals surface area contributed by atoms with Crippen molar-refractivity contribution < 1.29 is 13.5 Å². The van der Waals surface area contributed by atoms with Crippen molar-refractivity contribution >= 4 is 0 Å². The molecule has 1 saturated heterocycles. The molecule has 0 aromatic heterocycles. The van der Waals surface area contributed by atoms with Gasteiger partial charge in [0.05, 0.1) is 6.61 Å². The molecule has 1 aliphatic heterocycles. The number of hydrogen-bond acceptors (Lipinski definition) is 2. The van der Waals surface area contributed by atoms with Gasteiger partial charge in [-0.1, -0.05) is 0 Å². The second kappa shape index (κ2) is 5.17. The van der Waals surface area contributed by atoms with E-state index in [4.69, 9.17) is 4.74 Å². The lowest BCUT2D eigenvalue weighted by Crippen LogP contribution is -2.38. The summed E-state index contributed by atoms with van der Waals surface area (Å²) >= 11 is 0. The fraction of sp³-hybridized carbons (Fsp3) is 0.600. The van der Waals surface area contributed by atoms with Gasteiger partial charge in [0.1, 0.15) is 11.6 Å². The normalized spacial score (nSPS) is 26.8. The zero-order valence-corrected chi connectivity index (χ0v) is 10.9. The Morgan fingerprint density at radius 2 is 2.16 bits per heavy atom. The van der Waals surface area contributed by atoms with E-state index < -0.39 is 0 Å². The van der Waals surface area contributed by atoms with Crippen molar-refractivity contribution in [3.63, 3.8) is 0 Å². The average molecular weight is 267 g/mol. The van der Waals surface area contributed by atoms with Crippen LogP contribution in [0.25, 0.3) is 0 Å². The Balaban J connectivity index is 1.74. The maximum atomic E-state index is 13.8. The second-order valence-electron chi connectivity index (χ2n) is 5.87. The van der Waals surface area contributed by atoms with Gasteiger partial charge in [-0.25, -0.2) is 8.78 Å². The molecule has 1 unspecified atom stereocenters. The zero-order valence-electron chi connectivity index (χ0n) is 10.9. The molecule has 0 bridgehead atoms. The number of nitrogens with one attached hydrogen (secondary N) is 1. The topological polar surface area (TPSA) is 21.3 Å². The standard InChI is InChI=1S/C15H19F2NO/c16-12-1-4-14(17)11(7-12)8-15(5-6-19-10-15)9-18-13-2-3-13/h1,4,7,13,18H,2-3,5-6,8-10H2. The summed E-state index contributed by atoms with van der Waals surface area (Å²) in [4.78, 5) is 0. The Labute approximate surface area is 112 Å². The van der Waals surface area contributed by atoms with Gasteiger partial charge in [0.15, 0.2) is 0 Å². The summed E-state index contributed by atoms with van der Waals surface area (Å²) < 4.78 is 32.5. The molecule has 1 N–H and O–H groups in total. The fourth-order valence-corrected chi connectivity index (χ4v) is 2.72. The molecule has 2 aliphatic rings. The molecule has 0 spiro atoms. The van der Waals surface area contributed by atoms with E-state index in [0.29, 0.717) is 31.2 Å². The first-order chi connectivity index (χ1) is 9.17. The van der Waals surface area contributed by atoms with Gasteiger partial charge < -0.3 is 10.1 Å². The molecule has 1 aromatic carbocycles. The molecule has 1 atom stereocenters. The highest BCUT2D eigenvalue weighted by Crippen LogP contribution is 2.34. The minimum atomic E-state index is -0.374. The van der Waals surface area contributed by atoms with Crippen molar-refractivity contribution in [3.05, 3.63) is 35.4 Å². The summed E-state index contributed by atoms with van der Waals surface area (Å²) in [6.45, 7) is 2.17. The Morgan fingerprint density at radius 1 is 1.32 bits per heavy atom. The largest absolute Gasteiger partial charge is 0.381 e. The van der Waals surface area contributed by atoms with Gasteiger partial charge in [-0.3, -0.25) is 0 Å². The van der Waals surface area contributed by atoms with Gasteiger partial charge >= 0.3 is 0 Å². The summed E-state index contributed by atoms with van der Waals surface area (Å²) in [6.07, 6.45) is 3.90. The number of benzene rings is 1. The van der Waals surface area contributed by atoms with Crippen LogP contribution >= 0.6 is 0 Å². The predicted molar refractivity (Wildman–Crippen MR) is 69.0 cm³/mol. The minimum absolute atomic E-state index is 0.0861. The summed E-state index contributed by atoms with van der Waals surface area (Å²) in [7, 11) is 0. The van der Waals surface area contributed by atoms with E-state index in [9.17, 15) is 8.78 Å². The SMILES string of the molecule is Fc1ccc(F)c(CC2(CNC3CC3)CCOC2)c1. The Hall–Kier alpha value is -1.00. The summed E-state index contributed by atoms with van der Waals surface area (Å²) in [5.74, 6) is -0.695. The molecule has 2 nitrogen and oxygen atoms in total. The van der Waals surface area contributed by atoms with Gasteiger partial charge in [0.25, 0.3) is 0 Å². The maximum Gasteiger partial charge on any atom is 0.126 e. The van der Waals surface area contributed by atoms with Crippen LogP contribution in [-0.4, -0.2) is 25.8 Å². The van der Waals surface area contributed by atoms with Gasteiger partial charge in [-0.2, -0.15) is 0 Å². The quantitative estimate of drug-likeness (QED) is 0.885. The number of halogens is 2. The molecule has 1 aliphatic carbocycles. The van der Waals surface area contributed by atoms with E-state index in [1.54, 1.807) is 0 Å².